The number of ether oxygens (including phenoxy) is 1. The van der Waals surface area contributed by atoms with Crippen LogP contribution in [0.4, 0.5) is 10.5 Å². The molecule has 0 aliphatic heterocycles. The fraction of sp³-hybridized carbons (Fsp3) is 0.176. The van der Waals surface area contributed by atoms with Gasteiger partial charge in [-0.2, -0.15) is 0 Å². The highest BCUT2D eigenvalue weighted by atomic mass is 16.6. The van der Waals surface area contributed by atoms with Gasteiger partial charge in [0.2, 0.25) is 0 Å². The van der Waals surface area contributed by atoms with Crippen molar-refractivity contribution in [3.05, 3.63) is 69.5 Å². The second-order valence-corrected chi connectivity index (χ2v) is 5.43. The average Bonchev–Trinajstić information content (AvgIpc) is 3.01. The number of hydrogen-bond acceptors (Lipinski definition) is 5. The summed E-state index contributed by atoms with van der Waals surface area (Å²) < 4.78 is 6.52. The zero-order valence-electron chi connectivity index (χ0n) is 13.2. The Morgan fingerprint density at radius 1 is 1.25 bits per heavy atom. The van der Waals surface area contributed by atoms with Crippen LogP contribution < -0.4 is 0 Å². The SMILES string of the molecule is Cc1ccc2c(ncn2C(=O)OCc2ccccc2[N+](=O)[O-])c1C. The molecule has 0 N–H and O–H groups in total. The fourth-order valence-electron chi connectivity index (χ4n) is 2.49. The van der Waals surface area contributed by atoms with Crippen molar-refractivity contribution in [2.45, 2.75) is 20.5 Å². The number of nitrogens with zero attached hydrogens (tertiary/aromatic N) is 3. The molecule has 0 unspecified atom stereocenters. The molecule has 122 valence electrons. The first-order valence-corrected chi connectivity index (χ1v) is 7.31. The molecule has 3 aromatic rings. The number of aryl methyl sites for hydroxylation is 2. The Bertz CT molecular complexity index is 946. The summed E-state index contributed by atoms with van der Waals surface area (Å²) in [5.74, 6) is 0. The van der Waals surface area contributed by atoms with Gasteiger partial charge in [0.1, 0.15) is 12.9 Å². The molecular weight excluding hydrogens is 310 g/mol. The maximum Gasteiger partial charge on any atom is 0.420 e. The minimum Gasteiger partial charge on any atom is -0.444 e. The van der Waals surface area contributed by atoms with E-state index in [1.54, 1.807) is 24.3 Å². The van der Waals surface area contributed by atoms with Crippen LogP contribution in [0, 0.1) is 24.0 Å². The van der Waals surface area contributed by atoms with Crippen LogP contribution in [0.15, 0.2) is 42.7 Å². The highest BCUT2D eigenvalue weighted by molar-refractivity contribution is 5.88. The number of fused-ring (bicyclic) bond motifs is 1. The third-order valence-corrected chi connectivity index (χ3v) is 3.98. The zero-order chi connectivity index (χ0) is 17.3. The molecule has 0 aliphatic carbocycles. The molecular formula is C17H15N3O4. The molecule has 7 nitrogen and oxygen atoms in total. The number of rotatable bonds is 3. The molecule has 0 aliphatic rings. The van der Waals surface area contributed by atoms with E-state index in [4.69, 9.17) is 4.74 Å². The van der Waals surface area contributed by atoms with Gasteiger partial charge in [0, 0.05) is 6.07 Å². The topological polar surface area (TPSA) is 87.3 Å². The lowest BCUT2D eigenvalue weighted by Gasteiger charge is -2.07. The Morgan fingerprint density at radius 2 is 2.00 bits per heavy atom. The quantitative estimate of drug-likeness (QED) is 0.540. The van der Waals surface area contributed by atoms with Crippen LogP contribution in [0.2, 0.25) is 0 Å². The molecule has 2 aromatic carbocycles. The average molecular weight is 325 g/mol. The summed E-state index contributed by atoms with van der Waals surface area (Å²) in [5, 5.41) is 11.0. The minimum atomic E-state index is -0.626. The number of carbonyl (C=O) groups excluding carboxylic acids is 1. The van der Waals surface area contributed by atoms with Crippen LogP contribution in [0.5, 0.6) is 0 Å². The lowest BCUT2D eigenvalue weighted by Crippen LogP contribution is -2.13. The number of para-hydroxylation sites is 1. The smallest absolute Gasteiger partial charge is 0.420 e. The molecule has 24 heavy (non-hydrogen) atoms. The summed E-state index contributed by atoms with van der Waals surface area (Å²) in [4.78, 5) is 27.0. The normalized spacial score (nSPS) is 10.8. The summed E-state index contributed by atoms with van der Waals surface area (Å²) in [5.41, 5.74) is 3.72. The first-order valence-electron chi connectivity index (χ1n) is 7.31. The van der Waals surface area contributed by atoms with Crippen LogP contribution in [0.1, 0.15) is 16.7 Å². The number of nitro groups is 1. The van der Waals surface area contributed by atoms with Gasteiger partial charge >= 0.3 is 6.09 Å². The molecule has 1 heterocycles. The van der Waals surface area contributed by atoms with Gasteiger partial charge in [0.05, 0.1) is 21.5 Å². The van der Waals surface area contributed by atoms with Crippen LogP contribution in [-0.2, 0) is 11.3 Å². The summed E-state index contributed by atoms with van der Waals surface area (Å²) in [7, 11) is 0. The molecule has 0 amide bonds. The lowest BCUT2D eigenvalue weighted by atomic mass is 10.1. The largest absolute Gasteiger partial charge is 0.444 e. The zero-order valence-corrected chi connectivity index (χ0v) is 13.2. The van der Waals surface area contributed by atoms with Gasteiger partial charge < -0.3 is 4.74 Å². The van der Waals surface area contributed by atoms with Crippen LogP contribution >= 0.6 is 0 Å². The van der Waals surface area contributed by atoms with E-state index in [2.05, 4.69) is 4.98 Å². The third-order valence-electron chi connectivity index (χ3n) is 3.98. The Labute approximate surface area is 137 Å². The molecule has 0 fully saturated rings. The van der Waals surface area contributed by atoms with E-state index >= 15 is 0 Å². The summed E-state index contributed by atoms with van der Waals surface area (Å²) in [6, 6.07) is 9.88. The number of nitro benzene ring substituents is 1. The second kappa shape index (κ2) is 6.11. The van der Waals surface area contributed by atoms with Crippen LogP contribution in [-0.4, -0.2) is 20.6 Å². The number of benzene rings is 2. The highest BCUT2D eigenvalue weighted by Gasteiger charge is 2.17. The Kier molecular flexibility index (Phi) is 3.99. The predicted octanol–water partition coefficient (Wildman–Crippen LogP) is 3.75. The molecule has 3 rings (SSSR count). The summed E-state index contributed by atoms with van der Waals surface area (Å²) >= 11 is 0. The lowest BCUT2D eigenvalue weighted by molar-refractivity contribution is -0.385. The highest BCUT2D eigenvalue weighted by Crippen LogP contribution is 2.22. The number of aromatic nitrogens is 2. The summed E-state index contributed by atoms with van der Waals surface area (Å²) in [6.45, 7) is 3.73. The van der Waals surface area contributed by atoms with Crippen molar-refractivity contribution >= 4 is 22.8 Å². The molecule has 0 saturated heterocycles. The molecule has 7 heteroatoms. The van der Waals surface area contributed by atoms with Crippen molar-refractivity contribution in [1.29, 1.82) is 0 Å². The van der Waals surface area contributed by atoms with Gasteiger partial charge in [0.15, 0.2) is 0 Å². The second-order valence-electron chi connectivity index (χ2n) is 5.43. The Hall–Kier alpha value is -3.22. The molecule has 1 aromatic heterocycles. The van der Waals surface area contributed by atoms with E-state index in [0.29, 0.717) is 11.1 Å². The molecule has 0 bridgehead atoms. The van der Waals surface area contributed by atoms with Crippen molar-refractivity contribution in [2.24, 2.45) is 0 Å². The van der Waals surface area contributed by atoms with E-state index in [0.717, 1.165) is 16.6 Å². The van der Waals surface area contributed by atoms with Gasteiger partial charge in [0.25, 0.3) is 5.69 Å². The Morgan fingerprint density at radius 3 is 2.75 bits per heavy atom. The van der Waals surface area contributed by atoms with Crippen molar-refractivity contribution < 1.29 is 14.5 Å². The fourth-order valence-corrected chi connectivity index (χ4v) is 2.49. The van der Waals surface area contributed by atoms with Crippen molar-refractivity contribution in [2.75, 3.05) is 0 Å². The van der Waals surface area contributed by atoms with E-state index in [9.17, 15) is 14.9 Å². The van der Waals surface area contributed by atoms with Gasteiger partial charge in [-0.1, -0.05) is 18.2 Å². The van der Waals surface area contributed by atoms with Gasteiger partial charge in [-0.15, -0.1) is 0 Å². The third kappa shape index (κ3) is 2.71. The predicted molar refractivity (Wildman–Crippen MR) is 87.9 cm³/mol. The maximum absolute atomic E-state index is 12.3. The van der Waals surface area contributed by atoms with Crippen molar-refractivity contribution in [1.82, 2.24) is 9.55 Å². The van der Waals surface area contributed by atoms with Crippen molar-refractivity contribution in [3.8, 4) is 0 Å². The van der Waals surface area contributed by atoms with E-state index in [1.165, 1.54) is 17.0 Å². The van der Waals surface area contributed by atoms with Gasteiger partial charge in [-0.3, -0.25) is 10.1 Å². The van der Waals surface area contributed by atoms with Crippen LogP contribution in [0.3, 0.4) is 0 Å². The first kappa shape index (κ1) is 15.7. The first-order chi connectivity index (χ1) is 11.5. The van der Waals surface area contributed by atoms with E-state index in [-0.39, 0.29) is 12.3 Å². The number of imidazole rings is 1. The van der Waals surface area contributed by atoms with Gasteiger partial charge in [-0.05, 0) is 37.1 Å². The number of hydrogen-bond donors (Lipinski definition) is 0. The molecule has 0 radical (unpaired) electrons. The van der Waals surface area contributed by atoms with E-state index < -0.39 is 11.0 Å². The molecule has 0 saturated carbocycles. The standard InChI is InChI=1S/C17H15N3O4/c1-11-7-8-15-16(12(11)2)18-10-19(15)17(21)24-9-13-5-3-4-6-14(13)20(22)23/h3-8,10H,9H2,1-2H3. The minimum absolute atomic E-state index is 0.0766. The van der Waals surface area contributed by atoms with E-state index in [1.807, 2.05) is 19.9 Å². The molecule has 0 spiro atoms. The molecule has 0 atom stereocenters. The van der Waals surface area contributed by atoms with Crippen LogP contribution in [0.25, 0.3) is 11.0 Å². The maximum atomic E-state index is 12.3. The summed E-state index contributed by atoms with van der Waals surface area (Å²) in [6.07, 6.45) is 0.776. The number of carbonyl (C=O) groups is 1. The van der Waals surface area contributed by atoms with Crippen molar-refractivity contribution in [3.63, 3.8) is 0 Å². The van der Waals surface area contributed by atoms with Gasteiger partial charge in [-0.25, -0.2) is 14.3 Å². The monoisotopic (exact) mass is 325 g/mol. The Balaban J connectivity index is 1.84.